The number of hydrogen-bond donors (Lipinski definition) is 1. The molecule has 1 aromatic rings. The molecular weight excluding hydrogens is 352 g/mol. The highest BCUT2D eigenvalue weighted by molar-refractivity contribution is 6.30. The van der Waals surface area contributed by atoms with Crippen LogP contribution in [0.15, 0.2) is 18.2 Å². The third kappa shape index (κ3) is 7.14. The van der Waals surface area contributed by atoms with Crippen molar-refractivity contribution in [2.45, 2.75) is 58.7 Å². The number of piperazine rings is 1. The number of carbonyl (C=O) groups excluding carboxylic acids is 1. The summed E-state index contributed by atoms with van der Waals surface area (Å²) in [4.78, 5) is 14.3. The fourth-order valence-corrected chi connectivity index (χ4v) is 3.34. The molecule has 5 nitrogen and oxygen atoms in total. The summed E-state index contributed by atoms with van der Waals surface area (Å²) >= 11 is 6.18. The first-order valence-electron chi connectivity index (χ1n) is 9.35. The van der Waals surface area contributed by atoms with Crippen molar-refractivity contribution in [1.29, 1.82) is 0 Å². The lowest BCUT2D eigenvalue weighted by atomic mass is 10.1. The smallest absolute Gasteiger partial charge is 0.344 e. The van der Waals surface area contributed by atoms with Gasteiger partial charge >= 0.3 is 5.97 Å². The average molecular weight is 383 g/mol. The predicted molar refractivity (Wildman–Crippen MR) is 105 cm³/mol. The maximum Gasteiger partial charge on any atom is 0.344 e. The van der Waals surface area contributed by atoms with Gasteiger partial charge in [-0.15, -0.1) is 0 Å². The molecule has 0 amide bonds. The minimum Gasteiger partial charge on any atom is -0.482 e. The Morgan fingerprint density at radius 1 is 1.38 bits per heavy atom. The number of hydrogen-bond acceptors (Lipinski definition) is 5. The van der Waals surface area contributed by atoms with Crippen LogP contribution in [0.4, 0.5) is 0 Å². The standard InChI is InChI=1S/C20H31ClN2O3/c1-5-6-17-13-23(10-9-22-17)12-15-11-16(21)7-8-18(15)25-14-19(24)26-20(2,3)4/h7-8,11,17,22H,5-6,9-10,12-14H2,1-4H3/t17-/m0/s1. The molecule has 1 saturated heterocycles. The second-order valence-electron chi connectivity index (χ2n) is 7.80. The molecule has 0 saturated carbocycles. The van der Waals surface area contributed by atoms with Crippen molar-refractivity contribution in [1.82, 2.24) is 10.2 Å². The lowest BCUT2D eigenvalue weighted by molar-refractivity contribution is -0.157. The maximum absolute atomic E-state index is 11.9. The third-order valence-corrected chi connectivity index (χ3v) is 4.39. The van der Waals surface area contributed by atoms with Crippen molar-refractivity contribution in [3.63, 3.8) is 0 Å². The third-order valence-electron chi connectivity index (χ3n) is 4.16. The van der Waals surface area contributed by atoms with E-state index in [9.17, 15) is 4.79 Å². The Kier molecular flexibility index (Phi) is 7.74. The van der Waals surface area contributed by atoms with E-state index in [1.54, 1.807) is 6.07 Å². The van der Waals surface area contributed by atoms with Crippen LogP contribution in [0.3, 0.4) is 0 Å². The van der Waals surface area contributed by atoms with Crippen molar-refractivity contribution in [3.05, 3.63) is 28.8 Å². The number of nitrogens with zero attached hydrogens (tertiary/aromatic N) is 1. The lowest BCUT2D eigenvalue weighted by Crippen LogP contribution is -2.50. The average Bonchev–Trinajstić information content (AvgIpc) is 2.53. The van der Waals surface area contributed by atoms with E-state index in [-0.39, 0.29) is 12.6 Å². The van der Waals surface area contributed by atoms with Crippen molar-refractivity contribution in [2.75, 3.05) is 26.2 Å². The Hall–Kier alpha value is -1.30. The minimum absolute atomic E-state index is 0.105. The zero-order chi connectivity index (χ0) is 19.2. The quantitative estimate of drug-likeness (QED) is 0.730. The van der Waals surface area contributed by atoms with Gasteiger partial charge in [-0.05, 0) is 45.4 Å². The number of benzene rings is 1. The SMILES string of the molecule is CCC[C@H]1CN(Cc2cc(Cl)ccc2OCC(=O)OC(C)(C)C)CCN1. The summed E-state index contributed by atoms with van der Waals surface area (Å²) in [5.41, 5.74) is 0.483. The number of nitrogens with one attached hydrogen (secondary N) is 1. The molecule has 26 heavy (non-hydrogen) atoms. The van der Waals surface area contributed by atoms with Crippen molar-refractivity contribution in [2.24, 2.45) is 0 Å². The van der Waals surface area contributed by atoms with E-state index in [1.165, 1.54) is 12.8 Å². The zero-order valence-electron chi connectivity index (χ0n) is 16.3. The normalized spacial score (nSPS) is 18.6. The summed E-state index contributed by atoms with van der Waals surface area (Å²) in [5.74, 6) is 0.314. The van der Waals surface area contributed by atoms with E-state index < -0.39 is 5.60 Å². The van der Waals surface area contributed by atoms with Gasteiger partial charge in [0.1, 0.15) is 11.4 Å². The molecule has 1 aliphatic heterocycles. The van der Waals surface area contributed by atoms with Crippen molar-refractivity contribution >= 4 is 17.6 Å². The van der Waals surface area contributed by atoms with Crippen molar-refractivity contribution in [3.8, 4) is 5.75 Å². The Labute approximate surface area is 162 Å². The number of rotatable bonds is 7. The first kappa shape index (κ1) is 21.0. The van der Waals surface area contributed by atoms with Crippen LogP contribution in [-0.2, 0) is 16.1 Å². The summed E-state index contributed by atoms with van der Waals surface area (Å²) in [6.07, 6.45) is 2.35. The minimum atomic E-state index is -0.516. The predicted octanol–water partition coefficient (Wildman–Crippen LogP) is 3.63. The van der Waals surface area contributed by atoms with Crippen LogP contribution in [0.25, 0.3) is 0 Å². The monoisotopic (exact) mass is 382 g/mol. The van der Waals surface area contributed by atoms with E-state index in [2.05, 4.69) is 17.1 Å². The second-order valence-corrected chi connectivity index (χ2v) is 8.24. The van der Waals surface area contributed by atoms with Gasteiger partial charge in [0.05, 0.1) is 0 Å². The Balaban J connectivity index is 1.99. The Morgan fingerprint density at radius 2 is 2.15 bits per heavy atom. The summed E-state index contributed by atoms with van der Waals surface area (Å²) in [6, 6.07) is 6.06. The molecule has 0 bridgehead atoms. The summed E-state index contributed by atoms with van der Waals surface area (Å²) in [7, 11) is 0. The van der Waals surface area contributed by atoms with Crippen LogP contribution in [-0.4, -0.2) is 48.8 Å². The molecule has 2 rings (SSSR count). The van der Waals surface area contributed by atoms with Crippen LogP contribution in [0.2, 0.25) is 5.02 Å². The largest absolute Gasteiger partial charge is 0.482 e. The highest BCUT2D eigenvalue weighted by atomic mass is 35.5. The first-order chi connectivity index (χ1) is 12.3. The first-order valence-corrected chi connectivity index (χ1v) is 9.73. The molecular formula is C20H31ClN2O3. The topological polar surface area (TPSA) is 50.8 Å². The van der Waals surface area contributed by atoms with Gasteiger partial charge in [0.25, 0.3) is 0 Å². The molecule has 1 aliphatic rings. The van der Waals surface area contributed by atoms with Gasteiger partial charge in [-0.25, -0.2) is 4.79 Å². The molecule has 0 unspecified atom stereocenters. The van der Waals surface area contributed by atoms with Gasteiger partial charge < -0.3 is 14.8 Å². The van der Waals surface area contributed by atoms with Crippen LogP contribution in [0, 0.1) is 0 Å². The van der Waals surface area contributed by atoms with E-state index in [0.717, 1.165) is 31.7 Å². The molecule has 1 fully saturated rings. The van der Waals surface area contributed by atoms with Crippen LogP contribution in [0.1, 0.15) is 46.1 Å². The fourth-order valence-electron chi connectivity index (χ4n) is 3.14. The Bertz CT molecular complexity index is 599. The van der Waals surface area contributed by atoms with Crippen LogP contribution in [0.5, 0.6) is 5.75 Å². The summed E-state index contributed by atoms with van der Waals surface area (Å²) < 4.78 is 11.0. The van der Waals surface area contributed by atoms with E-state index >= 15 is 0 Å². The van der Waals surface area contributed by atoms with Gasteiger partial charge in [-0.2, -0.15) is 0 Å². The second kappa shape index (κ2) is 9.58. The molecule has 0 spiro atoms. The molecule has 1 heterocycles. The molecule has 1 aromatic carbocycles. The number of ether oxygens (including phenoxy) is 2. The van der Waals surface area contributed by atoms with E-state index in [4.69, 9.17) is 21.1 Å². The number of esters is 1. The molecule has 146 valence electrons. The highest BCUT2D eigenvalue weighted by Crippen LogP contribution is 2.25. The highest BCUT2D eigenvalue weighted by Gasteiger charge is 2.21. The summed E-state index contributed by atoms with van der Waals surface area (Å²) in [5, 5.41) is 4.23. The molecule has 1 atom stereocenters. The van der Waals surface area contributed by atoms with Crippen LogP contribution < -0.4 is 10.1 Å². The number of halogens is 1. The number of carbonyl (C=O) groups is 1. The van der Waals surface area contributed by atoms with Gasteiger partial charge in [-0.1, -0.05) is 24.9 Å². The van der Waals surface area contributed by atoms with E-state index in [0.29, 0.717) is 16.8 Å². The summed E-state index contributed by atoms with van der Waals surface area (Å²) in [6.45, 7) is 11.4. The molecule has 6 heteroatoms. The molecule has 0 aliphatic carbocycles. The van der Waals surface area contributed by atoms with E-state index in [1.807, 2.05) is 32.9 Å². The fraction of sp³-hybridized carbons (Fsp3) is 0.650. The van der Waals surface area contributed by atoms with Gasteiger partial charge in [0.2, 0.25) is 0 Å². The maximum atomic E-state index is 11.9. The van der Waals surface area contributed by atoms with Crippen LogP contribution >= 0.6 is 11.6 Å². The van der Waals surface area contributed by atoms with Gasteiger partial charge in [-0.3, -0.25) is 4.90 Å². The molecule has 1 N–H and O–H groups in total. The zero-order valence-corrected chi connectivity index (χ0v) is 17.1. The van der Waals surface area contributed by atoms with Crippen molar-refractivity contribution < 1.29 is 14.3 Å². The van der Waals surface area contributed by atoms with Gasteiger partial charge in [0.15, 0.2) is 6.61 Å². The molecule has 0 aromatic heterocycles. The molecule has 0 radical (unpaired) electrons. The van der Waals surface area contributed by atoms with Gasteiger partial charge in [0, 0.05) is 42.8 Å². The lowest BCUT2D eigenvalue weighted by Gasteiger charge is -2.34. The Morgan fingerprint density at radius 3 is 2.85 bits per heavy atom.